The molecule has 0 fully saturated rings. The standard InChI is InChI=1S/C16H21N3O4S/c1-12-6-4-5-7-14(12)13-10-17-19(11-13)9-8-16(2,15(20)18-21)24(3,22)23/h4-7,10-11,21H,8-9H2,1-3H3,(H,18,20). The predicted molar refractivity (Wildman–Crippen MR) is 90.2 cm³/mol. The Labute approximate surface area is 141 Å². The molecule has 0 spiro atoms. The molecule has 0 aliphatic rings. The van der Waals surface area contributed by atoms with Gasteiger partial charge in [0.2, 0.25) is 0 Å². The second kappa shape index (κ2) is 6.74. The summed E-state index contributed by atoms with van der Waals surface area (Å²) in [5.41, 5.74) is 4.51. The third-order valence-corrected chi connectivity index (χ3v) is 6.33. The summed E-state index contributed by atoms with van der Waals surface area (Å²) in [6, 6.07) is 7.87. The van der Waals surface area contributed by atoms with E-state index >= 15 is 0 Å². The van der Waals surface area contributed by atoms with Crippen molar-refractivity contribution >= 4 is 15.7 Å². The van der Waals surface area contributed by atoms with E-state index in [0.29, 0.717) is 0 Å². The molecule has 2 rings (SSSR count). The average molecular weight is 351 g/mol. The number of hydrogen-bond donors (Lipinski definition) is 2. The summed E-state index contributed by atoms with van der Waals surface area (Å²) in [5.74, 6) is -0.948. The number of carbonyl (C=O) groups is 1. The Hall–Kier alpha value is -2.19. The number of hydroxylamine groups is 1. The van der Waals surface area contributed by atoms with Crippen LogP contribution in [0, 0.1) is 6.92 Å². The molecule has 1 aromatic carbocycles. The van der Waals surface area contributed by atoms with Crippen molar-refractivity contribution in [2.24, 2.45) is 0 Å². The van der Waals surface area contributed by atoms with Crippen molar-refractivity contribution < 1.29 is 18.4 Å². The number of sulfone groups is 1. The molecule has 0 saturated heterocycles. The molecule has 1 atom stereocenters. The highest BCUT2D eigenvalue weighted by Crippen LogP contribution is 2.24. The van der Waals surface area contributed by atoms with E-state index < -0.39 is 20.5 Å². The van der Waals surface area contributed by atoms with E-state index in [0.717, 1.165) is 22.9 Å². The van der Waals surface area contributed by atoms with Crippen LogP contribution in [0.1, 0.15) is 18.9 Å². The lowest BCUT2D eigenvalue weighted by Gasteiger charge is -2.24. The van der Waals surface area contributed by atoms with Gasteiger partial charge >= 0.3 is 0 Å². The Morgan fingerprint density at radius 1 is 1.38 bits per heavy atom. The molecule has 7 nitrogen and oxygen atoms in total. The first-order valence-corrected chi connectivity index (χ1v) is 9.31. The molecular weight excluding hydrogens is 330 g/mol. The van der Waals surface area contributed by atoms with Gasteiger partial charge in [0.05, 0.1) is 6.20 Å². The largest absolute Gasteiger partial charge is 0.289 e. The number of amides is 1. The van der Waals surface area contributed by atoms with E-state index in [9.17, 15) is 13.2 Å². The third-order valence-electron chi connectivity index (χ3n) is 4.31. The molecule has 2 N–H and O–H groups in total. The molecule has 8 heteroatoms. The molecule has 0 radical (unpaired) electrons. The van der Waals surface area contributed by atoms with Gasteiger partial charge in [-0.05, 0) is 31.4 Å². The Morgan fingerprint density at radius 3 is 2.62 bits per heavy atom. The number of benzene rings is 1. The van der Waals surface area contributed by atoms with Crippen LogP contribution in [0.5, 0.6) is 0 Å². The van der Waals surface area contributed by atoms with E-state index in [1.54, 1.807) is 10.9 Å². The second-order valence-corrected chi connectivity index (χ2v) is 8.45. The van der Waals surface area contributed by atoms with Crippen molar-refractivity contribution in [3.63, 3.8) is 0 Å². The summed E-state index contributed by atoms with van der Waals surface area (Å²) in [6.07, 6.45) is 4.48. The van der Waals surface area contributed by atoms with Gasteiger partial charge < -0.3 is 0 Å². The first-order chi connectivity index (χ1) is 11.2. The maximum atomic E-state index is 11.9. The Kier molecular flexibility index (Phi) is 5.10. The van der Waals surface area contributed by atoms with Crippen LogP contribution in [-0.4, -0.2) is 40.3 Å². The van der Waals surface area contributed by atoms with Gasteiger partial charge in [-0.1, -0.05) is 24.3 Å². The lowest BCUT2D eigenvalue weighted by molar-refractivity contribution is -0.131. The Balaban J connectivity index is 2.21. The number of nitrogens with zero attached hydrogens (tertiary/aromatic N) is 2. The SMILES string of the molecule is Cc1ccccc1-c1cnn(CCC(C)(C(=O)NO)S(C)(=O)=O)c1. The summed E-state index contributed by atoms with van der Waals surface area (Å²) in [6.45, 7) is 3.52. The van der Waals surface area contributed by atoms with Gasteiger partial charge in [0.1, 0.15) is 0 Å². The van der Waals surface area contributed by atoms with Crippen molar-refractivity contribution in [3.05, 3.63) is 42.2 Å². The van der Waals surface area contributed by atoms with Crippen molar-refractivity contribution in [1.82, 2.24) is 15.3 Å². The fraction of sp³-hybridized carbons (Fsp3) is 0.375. The van der Waals surface area contributed by atoms with Gasteiger partial charge in [0, 0.05) is 24.6 Å². The van der Waals surface area contributed by atoms with Crippen molar-refractivity contribution in [2.75, 3.05) is 6.26 Å². The minimum absolute atomic E-state index is 0.00683. The number of nitrogens with one attached hydrogen (secondary N) is 1. The van der Waals surface area contributed by atoms with Crippen LogP contribution in [0.15, 0.2) is 36.7 Å². The van der Waals surface area contributed by atoms with Crippen molar-refractivity contribution in [3.8, 4) is 11.1 Å². The van der Waals surface area contributed by atoms with E-state index in [-0.39, 0.29) is 13.0 Å². The molecule has 24 heavy (non-hydrogen) atoms. The maximum Gasteiger partial charge on any atom is 0.264 e. The van der Waals surface area contributed by atoms with Crippen LogP contribution < -0.4 is 5.48 Å². The third kappa shape index (κ3) is 3.49. The van der Waals surface area contributed by atoms with Crippen LogP contribution in [-0.2, 0) is 21.2 Å². The molecule has 0 bridgehead atoms. The summed E-state index contributed by atoms with van der Waals surface area (Å²) in [5, 5.41) is 13.1. The highest BCUT2D eigenvalue weighted by atomic mass is 32.2. The molecule has 1 aromatic heterocycles. The smallest absolute Gasteiger partial charge is 0.264 e. The zero-order valence-electron chi connectivity index (χ0n) is 13.9. The van der Waals surface area contributed by atoms with E-state index in [2.05, 4.69) is 5.10 Å². The molecule has 2 aromatic rings. The summed E-state index contributed by atoms with van der Waals surface area (Å²) < 4.78 is 23.8. The predicted octanol–water partition coefficient (Wildman–Crippen LogP) is 1.56. The van der Waals surface area contributed by atoms with Gasteiger partial charge in [0.15, 0.2) is 14.6 Å². The molecule has 1 heterocycles. The Bertz CT molecular complexity index is 845. The van der Waals surface area contributed by atoms with Gasteiger partial charge in [-0.2, -0.15) is 5.10 Å². The average Bonchev–Trinajstić information content (AvgIpc) is 2.99. The first kappa shape index (κ1) is 18.2. The minimum atomic E-state index is -3.71. The minimum Gasteiger partial charge on any atom is -0.289 e. The molecule has 0 saturated carbocycles. The summed E-state index contributed by atoms with van der Waals surface area (Å²) in [7, 11) is -3.71. The molecule has 1 unspecified atom stereocenters. The molecule has 130 valence electrons. The van der Waals surface area contributed by atoms with Gasteiger partial charge in [-0.25, -0.2) is 13.9 Å². The van der Waals surface area contributed by atoms with Gasteiger partial charge in [0.25, 0.3) is 5.91 Å². The highest BCUT2D eigenvalue weighted by Gasteiger charge is 2.43. The monoisotopic (exact) mass is 351 g/mol. The number of aryl methyl sites for hydroxylation is 2. The topological polar surface area (TPSA) is 101 Å². The highest BCUT2D eigenvalue weighted by molar-refractivity contribution is 7.92. The summed E-state index contributed by atoms with van der Waals surface area (Å²) in [4.78, 5) is 11.8. The normalized spacial score (nSPS) is 14.2. The first-order valence-electron chi connectivity index (χ1n) is 7.41. The van der Waals surface area contributed by atoms with Crippen LogP contribution in [0.25, 0.3) is 11.1 Å². The van der Waals surface area contributed by atoms with E-state index in [1.165, 1.54) is 12.4 Å². The maximum absolute atomic E-state index is 11.9. The molecule has 1 amide bonds. The molecular formula is C16H21N3O4S. The fourth-order valence-corrected chi connectivity index (χ4v) is 3.28. The van der Waals surface area contributed by atoms with Crippen LogP contribution in [0.2, 0.25) is 0 Å². The number of rotatable bonds is 6. The zero-order chi connectivity index (χ0) is 18.0. The van der Waals surface area contributed by atoms with Crippen LogP contribution in [0.4, 0.5) is 0 Å². The van der Waals surface area contributed by atoms with Crippen LogP contribution >= 0.6 is 0 Å². The number of hydrogen-bond acceptors (Lipinski definition) is 5. The van der Waals surface area contributed by atoms with E-state index in [1.807, 2.05) is 37.4 Å². The summed E-state index contributed by atoms with van der Waals surface area (Å²) >= 11 is 0. The van der Waals surface area contributed by atoms with E-state index in [4.69, 9.17) is 5.21 Å². The quantitative estimate of drug-likeness (QED) is 0.607. The second-order valence-electron chi connectivity index (χ2n) is 6.00. The lowest BCUT2D eigenvalue weighted by Crippen LogP contribution is -2.49. The zero-order valence-corrected chi connectivity index (χ0v) is 14.7. The van der Waals surface area contributed by atoms with Crippen LogP contribution in [0.3, 0.4) is 0 Å². The molecule has 0 aliphatic heterocycles. The van der Waals surface area contributed by atoms with Crippen molar-refractivity contribution in [1.29, 1.82) is 0 Å². The van der Waals surface area contributed by atoms with Crippen molar-refractivity contribution in [2.45, 2.75) is 31.6 Å². The van der Waals surface area contributed by atoms with Gasteiger partial charge in [-0.3, -0.25) is 14.7 Å². The number of carbonyl (C=O) groups excluding carboxylic acids is 1. The fourth-order valence-electron chi connectivity index (χ4n) is 2.44. The molecule has 0 aliphatic carbocycles. The Morgan fingerprint density at radius 2 is 2.04 bits per heavy atom. The lowest BCUT2D eigenvalue weighted by atomic mass is 10.0. The van der Waals surface area contributed by atoms with Gasteiger partial charge in [-0.15, -0.1) is 0 Å². The number of aromatic nitrogens is 2.